The molecule has 1 amide bonds. The molecule has 0 bridgehead atoms. The number of thiol groups is 1. The number of carbonyl (C=O) groups is 1. The van der Waals surface area contributed by atoms with Crippen LogP contribution in [0.1, 0.15) is 11.6 Å². The molecule has 1 heterocycles. The van der Waals surface area contributed by atoms with Gasteiger partial charge in [0.1, 0.15) is 5.75 Å². The molecule has 2 aromatic carbocycles. The number of nitro benzene ring substituents is 1. The van der Waals surface area contributed by atoms with Crippen molar-refractivity contribution in [3.8, 4) is 5.75 Å². The average Bonchev–Trinajstić information content (AvgIpc) is 3.05. The van der Waals surface area contributed by atoms with Gasteiger partial charge in [-0.05, 0) is 23.8 Å². The molecule has 0 aromatic heterocycles. The van der Waals surface area contributed by atoms with Crippen molar-refractivity contribution in [3.05, 3.63) is 64.2 Å². The maximum atomic E-state index is 12.5. The summed E-state index contributed by atoms with van der Waals surface area (Å²) >= 11 is 6.10. The number of non-ortho nitro benzene ring substituents is 1. The van der Waals surface area contributed by atoms with Crippen molar-refractivity contribution in [3.63, 3.8) is 0 Å². The van der Waals surface area contributed by atoms with E-state index in [0.717, 1.165) is 16.2 Å². The number of ether oxygens (including phenoxy) is 1. The SMILES string of the molecule is O=C(Oc1ccc([N+](=O)[O-])cc1)N1CSC[C@@H]1c1ccccc1S. The molecule has 1 aliphatic rings. The highest BCUT2D eigenvalue weighted by Crippen LogP contribution is 2.36. The molecule has 0 N–H and O–H groups in total. The highest BCUT2D eigenvalue weighted by molar-refractivity contribution is 7.99. The number of amides is 1. The number of carbonyl (C=O) groups excluding carboxylic acids is 1. The second-order valence-electron chi connectivity index (χ2n) is 5.16. The summed E-state index contributed by atoms with van der Waals surface area (Å²) in [4.78, 5) is 25.1. The van der Waals surface area contributed by atoms with Crippen LogP contribution >= 0.6 is 24.4 Å². The van der Waals surface area contributed by atoms with Gasteiger partial charge in [0.15, 0.2) is 0 Å². The van der Waals surface area contributed by atoms with Gasteiger partial charge in [-0.25, -0.2) is 4.79 Å². The van der Waals surface area contributed by atoms with Crippen LogP contribution in [0.3, 0.4) is 0 Å². The average molecular weight is 362 g/mol. The summed E-state index contributed by atoms with van der Waals surface area (Å²) in [5.74, 6) is 1.58. The number of nitro groups is 1. The molecule has 0 spiro atoms. The Bertz CT molecular complexity index is 767. The van der Waals surface area contributed by atoms with E-state index in [1.54, 1.807) is 16.7 Å². The van der Waals surface area contributed by atoms with Crippen LogP contribution in [0.15, 0.2) is 53.4 Å². The van der Waals surface area contributed by atoms with Gasteiger partial charge in [-0.2, -0.15) is 0 Å². The minimum absolute atomic E-state index is 0.0478. The van der Waals surface area contributed by atoms with Crippen LogP contribution in [0.4, 0.5) is 10.5 Å². The van der Waals surface area contributed by atoms with Crippen LogP contribution in [0.25, 0.3) is 0 Å². The maximum absolute atomic E-state index is 12.5. The van der Waals surface area contributed by atoms with Gasteiger partial charge in [-0.1, -0.05) is 18.2 Å². The lowest BCUT2D eigenvalue weighted by molar-refractivity contribution is -0.384. The lowest BCUT2D eigenvalue weighted by Gasteiger charge is -2.24. The molecule has 6 nitrogen and oxygen atoms in total. The smallest absolute Gasteiger partial charge is 0.410 e. The normalized spacial score (nSPS) is 16.9. The largest absolute Gasteiger partial charge is 0.416 e. The van der Waals surface area contributed by atoms with Crippen LogP contribution in [-0.4, -0.2) is 27.5 Å². The molecule has 0 radical (unpaired) electrons. The third kappa shape index (κ3) is 3.49. The molecule has 0 saturated carbocycles. The van der Waals surface area contributed by atoms with Gasteiger partial charge in [0, 0.05) is 22.8 Å². The van der Waals surface area contributed by atoms with Gasteiger partial charge in [-0.3, -0.25) is 15.0 Å². The van der Waals surface area contributed by atoms with Crippen molar-refractivity contribution in [1.29, 1.82) is 0 Å². The zero-order valence-corrected chi connectivity index (χ0v) is 14.2. The van der Waals surface area contributed by atoms with Crippen molar-refractivity contribution in [2.24, 2.45) is 0 Å². The third-order valence-electron chi connectivity index (χ3n) is 3.67. The molecule has 3 rings (SSSR count). The molecule has 24 heavy (non-hydrogen) atoms. The number of nitrogens with zero attached hydrogens (tertiary/aromatic N) is 2. The summed E-state index contributed by atoms with van der Waals surface area (Å²) in [6.07, 6.45) is -0.476. The Hall–Kier alpha value is -2.19. The fourth-order valence-electron chi connectivity index (χ4n) is 2.44. The Morgan fingerprint density at radius 1 is 1.25 bits per heavy atom. The lowest BCUT2D eigenvalue weighted by atomic mass is 10.1. The molecule has 1 fully saturated rings. The zero-order chi connectivity index (χ0) is 17.1. The van der Waals surface area contributed by atoms with Crippen LogP contribution in [-0.2, 0) is 0 Å². The van der Waals surface area contributed by atoms with Crippen molar-refractivity contribution < 1.29 is 14.5 Å². The highest BCUT2D eigenvalue weighted by Gasteiger charge is 2.32. The second-order valence-corrected chi connectivity index (χ2v) is 6.64. The van der Waals surface area contributed by atoms with Gasteiger partial charge in [0.05, 0.1) is 16.8 Å². The summed E-state index contributed by atoms with van der Waals surface area (Å²) < 4.78 is 5.35. The number of thioether (sulfide) groups is 1. The molecule has 0 unspecified atom stereocenters. The topological polar surface area (TPSA) is 72.7 Å². The molecular weight excluding hydrogens is 348 g/mol. The standard InChI is InChI=1S/C16H14N2O4S2/c19-16(22-12-7-5-11(6-8-12)18(20)21)17-10-24-9-14(17)13-3-1-2-4-15(13)23/h1-8,14,23H,9-10H2/t14-/m1/s1. The zero-order valence-electron chi connectivity index (χ0n) is 12.5. The van der Waals surface area contributed by atoms with Crippen LogP contribution in [0.2, 0.25) is 0 Å². The van der Waals surface area contributed by atoms with E-state index >= 15 is 0 Å². The summed E-state index contributed by atoms with van der Waals surface area (Å²) in [7, 11) is 0. The Morgan fingerprint density at radius 3 is 2.62 bits per heavy atom. The van der Waals surface area contributed by atoms with E-state index < -0.39 is 11.0 Å². The van der Waals surface area contributed by atoms with E-state index in [2.05, 4.69) is 12.6 Å². The monoisotopic (exact) mass is 362 g/mol. The fourth-order valence-corrected chi connectivity index (χ4v) is 3.92. The van der Waals surface area contributed by atoms with Gasteiger partial charge in [0.2, 0.25) is 0 Å². The van der Waals surface area contributed by atoms with Crippen molar-refractivity contribution in [1.82, 2.24) is 4.90 Å². The van der Waals surface area contributed by atoms with Gasteiger partial charge < -0.3 is 4.74 Å². The molecule has 8 heteroatoms. The van der Waals surface area contributed by atoms with E-state index in [1.807, 2.05) is 24.3 Å². The van der Waals surface area contributed by atoms with E-state index in [0.29, 0.717) is 5.88 Å². The number of hydrogen-bond donors (Lipinski definition) is 1. The molecule has 1 atom stereocenters. The minimum Gasteiger partial charge on any atom is -0.410 e. The van der Waals surface area contributed by atoms with E-state index in [9.17, 15) is 14.9 Å². The first-order valence-corrected chi connectivity index (χ1v) is 8.75. The van der Waals surface area contributed by atoms with Crippen LogP contribution in [0, 0.1) is 10.1 Å². The Balaban J connectivity index is 1.74. The fraction of sp³-hybridized carbons (Fsp3) is 0.188. The maximum Gasteiger partial charge on any atom is 0.416 e. The predicted molar refractivity (Wildman–Crippen MR) is 94.7 cm³/mol. The quantitative estimate of drug-likeness (QED) is 0.505. The van der Waals surface area contributed by atoms with Crippen LogP contribution < -0.4 is 4.74 Å². The molecule has 0 aliphatic carbocycles. The van der Waals surface area contributed by atoms with E-state index in [1.165, 1.54) is 24.3 Å². The summed E-state index contributed by atoms with van der Waals surface area (Å²) in [6.45, 7) is 0. The Kier molecular flexibility index (Phi) is 4.96. The van der Waals surface area contributed by atoms with Gasteiger partial charge in [0.25, 0.3) is 5.69 Å². The van der Waals surface area contributed by atoms with Crippen molar-refractivity contribution in [2.45, 2.75) is 10.9 Å². The molecule has 1 aliphatic heterocycles. The first-order chi connectivity index (χ1) is 11.6. The Morgan fingerprint density at radius 2 is 1.96 bits per heavy atom. The summed E-state index contributed by atoms with van der Waals surface area (Å²) in [5, 5.41) is 10.7. The molecule has 124 valence electrons. The third-order valence-corrected chi connectivity index (χ3v) is 5.08. The molecular formula is C16H14N2O4S2. The molecule has 1 saturated heterocycles. The first-order valence-electron chi connectivity index (χ1n) is 7.15. The first kappa shape index (κ1) is 16.7. The van der Waals surface area contributed by atoms with Crippen molar-refractivity contribution in [2.75, 3.05) is 11.6 Å². The molecule has 2 aromatic rings. The lowest BCUT2D eigenvalue weighted by Crippen LogP contribution is -2.33. The summed E-state index contributed by atoms with van der Waals surface area (Å²) in [5.41, 5.74) is 0.930. The summed E-state index contributed by atoms with van der Waals surface area (Å²) in [6, 6.07) is 13.0. The highest BCUT2D eigenvalue weighted by atomic mass is 32.2. The van der Waals surface area contributed by atoms with Gasteiger partial charge in [-0.15, -0.1) is 24.4 Å². The minimum atomic E-state index is -0.498. The van der Waals surface area contributed by atoms with Gasteiger partial charge >= 0.3 is 6.09 Å². The predicted octanol–water partition coefficient (Wildman–Crippen LogP) is 4.13. The van der Waals surface area contributed by atoms with Crippen LogP contribution in [0.5, 0.6) is 5.75 Å². The Labute approximate surface area is 148 Å². The van der Waals surface area contributed by atoms with Crippen molar-refractivity contribution >= 4 is 36.2 Å². The second kappa shape index (κ2) is 7.14. The van der Waals surface area contributed by atoms with E-state index in [4.69, 9.17) is 4.74 Å². The number of benzene rings is 2. The number of hydrogen-bond acceptors (Lipinski definition) is 6. The number of rotatable bonds is 3. The van der Waals surface area contributed by atoms with E-state index in [-0.39, 0.29) is 17.5 Å².